The third kappa shape index (κ3) is 1.87. The zero-order valence-electron chi connectivity index (χ0n) is 10.7. The van der Waals surface area contributed by atoms with E-state index in [2.05, 4.69) is 12.1 Å². The molecule has 3 nitrogen and oxygen atoms in total. The van der Waals surface area contributed by atoms with E-state index in [0.29, 0.717) is 11.3 Å². The van der Waals surface area contributed by atoms with Gasteiger partial charge in [0.1, 0.15) is 11.9 Å². The van der Waals surface area contributed by atoms with Crippen LogP contribution >= 0.6 is 0 Å². The number of carbonyl (C=O) groups is 1. The van der Waals surface area contributed by atoms with Crippen molar-refractivity contribution in [1.29, 1.82) is 0 Å². The highest BCUT2D eigenvalue weighted by atomic mass is 16.5. The van der Waals surface area contributed by atoms with Gasteiger partial charge in [-0.05, 0) is 18.6 Å². The van der Waals surface area contributed by atoms with Crippen LogP contribution in [-0.4, -0.2) is 12.0 Å². The first-order valence-corrected chi connectivity index (χ1v) is 6.33. The minimum Gasteiger partial charge on any atom is -0.489 e. The predicted octanol–water partition coefficient (Wildman–Crippen LogP) is 2.70. The highest BCUT2D eigenvalue weighted by Crippen LogP contribution is 2.43. The first-order valence-electron chi connectivity index (χ1n) is 6.33. The Morgan fingerprint density at radius 1 is 1.11 bits per heavy atom. The summed E-state index contributed by atoms with van der Waals surface area (Å²) in [5.74, 6) is 0.338. The van der Waals surface area contributed by atoms with Gasteiger partial charge in [0.2, 0.25) is 0 Å². The van der Waals surface area contributed by atoms with Crippen LogP contribution in [0.2, 0.25) is 0 Å². The van der Waals surface area contributed by atoms with Gasteiger partial charge in [0.25, 0.3) is 5.91 Å². The van der Waals surface area contributed by atoms with E-state index in [-0.39, 0.29) is 12.0 Å². The molecule has 0 bridgehead atoms. The van der Waals surface area contributed by atoms with Gasteiger partial charge in [-0.25, -0.2) is 0 Å². The van der Waals surface area contributed by atoms with Crippen molar-refractivity contribution in [3.05, 3.63) is 65.2 Å². The molecule has 0 aliphatic carbocycles. The van der Waals surface area contributed by atoms with E-state index in [4.69, 9.17) is 10.5 Å². The van der Waals surface area contributed by atoms with Crippen LogP contribution in [0, 0.1) is 0 Å². The van der Waals surface area contributed by atoms with Gasteiger partial charge in [-0.15, -0.1) is 0 Å². The van der Waals surface area contributed by atoms with Gasteiger partial charge in [-0.1, -0.05) is 42.5 Å². The van der Waals surface area contributed by atoms with Crippen LogP contribution in [0.15, 0.2) is 48.5 Å². The maximum absolute atomic E-state index is 11.5. The smallest absolute Gasteiger partial charge is 0.252 e. The molecule has 0 saturated heterocycles. The molecule has 1 aliphatic rings. The summed E-state index contributed by atoms with van der Waals surface area (Å²) in [5, 5.41) is 0. The molecule has 0 radical (unpaired) electrons. The van der Waals surface area contributed by atoms with Gasteiger partial charge >= 0.3 is 0 Å². The molecular formula is C16H15NO2. The third-order valence-electron chi connectivity index (χ3n) is 3.58. The molecule has 0 saturated carbocycles. The molecule has 3 rings (SSSR count). The van der Waals surface area contributed by atoms with E-state index in [9.17, 15) is 4.79 Å². The lowest BCUT2D eigenvalue weighted by atomic mass is 9.88. The van der Waals surface area contributed by atoms with Gasteiger partial charge in [0, 0.05) is 11.5 Å². The summed E-state index contributed by atoms with van der Waals surface area (Å²) in [6, 6.07) is 15.7. The zero-order chi connectivity index (χ0) is 13.4. The van der Waals surface area contributed by atoms with Gasteiger partial charge < -0.3 is 10.5 Å². The molecule has 2 aromatic carbocycles. The Kier molecular flexibility index (Phi) is 2.75. The number of carbonyl (C=O) groups excluding carboxylic acids is 1. The van der Waals surface area contributed by atoms with E-state index in [1.54, 1.807) is 6.07 Å². The Hall–Kier alpha value is -2.29. The second kappa shape index (κ2) is 4.43. The van der Waals surface area contributed by atoms with Gasteiger partial charge in [-0.3, -0.25) is 4.79 Å². The average molecular weight is 253 g/mol. The molecule has 1 heterocycles. The van der Waals surface area contributed by atoms with Gasteiger partial charge in [0.05, 0.1) is 5.56 Å². The number of benzene rings is 2. The van der Waals surface area contributed by atoms with Crippen LogP contribution in [0.3, 0.4) is 0 Å². The molecule has 2 unspecified atom stereocenters. The van der Waals surface area contributed by atoms with E-state index < -0.39 is 5.91 Å². The number of rotatable bonds is 2. The number of para-hydroxylation sites is 1. The monoisotopic (exact) mass is 253 g/mol. The number of nitrogens with two attached hydrogens (primary N) is 1. The van der Waals surface area contributed by atoms with Crippen LogP contribution < -0.4 is 10.5 Å². The van der Waals surface area contributed by atoms with Crippen molar-refractivity contribution >= 4 is 5.91 Å². The van der Waals surface area contributed by atoms with Gasteiger partial charge in [0.15, 0.2) is 0 Å². The van der Waals surface area contributed by atoms with E-state index in [0.717, 1.165) is 5.56 Å². The van der Waals surface area contributed by atoms with Gasteiger partial charge in [-0.2, -0.15) is 0 Å². The van der Waals surface area contributed by atoms with Crippen molar-refractivity contribution in [2.24, 2.45) is 5.73 Å². The summed E-state index contributed by atoms with van der Waals surface area (Å²) in [7, 11) is 0. The summed E-state index contributed by atoms with van der Waals surface area (Å²) in [6.07, 6.45) is -0.00194. The fourth-order valence-corrected chi connectivity index (χ4v) is 2.74. The van der Waals surface area contributed by atoms with E-state index in [1.165, 1.54) is 5.56 Å². The lowest BCUT2D eigenvalue weighted by Crippen LogP contribution is -2.15. The summed E-state index contributed by atoms with van der Waals surface area (Å²) in [6.45, 7) is 2.02. The number of fused-ring (bicyclic) bond motifs is 1. The molecule has 0 spiro atoms. The van der Waals surface area contributed by atoms with Crippen LogP contribution in [0.1, 0.15) is 34.3 Å². The van der Waals surface area contributed by atoms with Crippen molar-refractivity contribution in [2.75, 3.05) is 0 Å². The first-order chi connectivity index (χ1) is 9.18. The maximum atomic E-state index is 11.5. The van der Waals surface area contributed by atoms with Crippen LogP contribution in [0.25, 0.3) is 0 Å². The molecule has 2 atom stereocenters. The number of amides is 1. The van der Waals surface area contributed by atoms with Crippen molar-refractivity contribution in [3.63, 3.8) is 0 Å². The Bertz CT molecular complexity index is 622. The van der Waals surface area contributed by atoms with Crippen LogP contribution in [0.5, 0.6) is 5.75 Å². The molecule has 1 amide bonds. The molecule has 3 heteroatoms. The van der Waals surface area contributed by atoms with Crippen LogP contribution in [-0.2, 0) is 0 Å². The second-order valence-corrected chi connectivity index (χ2v) is 4.80. The van der Waals surface area contributed by atoms with Crippen molar-refractivity contribution in [2.45, 2.75) is 18.9 Å². The molecule has 2 N–H and O–H groups in total. The van der Waals surface area contributed by atoms with Crippen molar-refractivity contribution in [3.8, 4) is 5.75 Å². The normalized spacial score (nSPS) is 20.7. The van der Waals surface area contributed by atoms with E-state index >= 15 is 0 Å². The minimum atomic E-state index is -0.447. The summed E-state index contributed by atoms with van der Waals surface area (Å²) in [5.41, 5.74) is 8.09. The molecule has 96 valence electrons. The number of primary amides is 1. The predicted molar refractivity (Wildman–Crippen MR) is 73.3 cm³/mol. The maximum Gasteiger partial charge on any atom is 0.252 e. The topological polar surface area (TPSA) is 52.3 Å². The summed E-state index contributed by atoms with van der Waals surface area (Å²) < 4.78 is 5.87. The lowest BCUT2D eigenvalue weighted by molar-refractivity contribution is 0.0995. The highest BCUT2D eigenvalue weighted by molar-refractivity contribution is 5.96. The largest absolute Gasteiger partial charge is 0.489 e. The number of hydrogen-bond donors (Lipinski definition) is 1. The SMILES string of the molecule is CC1Oc2c(C(N)=O)cccc2C1c1ccccc1. The Labute approximate surface area is 112 Å². The summed E-state index contributed by atoms with van der Waals surface area (Å²) in [4.78, 5) is 11.5. The third-order valence-corrected chi connectivity index (χ3v) is 3.58. The quantitative estimate of drug-likeness (QED) is 0.894. The summed E-state index contributed by atoms with van der Waals surface area (Å²) >= 11 is 0. The molecule has 0 fully saturated rings. The minimum absolute atomic E-state index is 0.00194. The second-order valence-electron chi connectivity index (χ2n) is 4.80. The lowest BCUT2D eigenvalue weighted by Gasteiger charge is -2.14. The number of hydrogen-bond acceptors (Lipinski definition) is 2. The first kappa shape index (κ1) is 11.8. The Morgan fingerprint density at radius 2 is 1.84 bits per heavy atom. The number of ether oxygens (including phenoxy) is 1. The van der Waals surface area contributed by atoms with Crippen molar-refractivity contribution in [1.82, 2.24) is 0 Å². The molecule has 1 aliphatic heterocycles. The molecule has 2 aromatic rings. The average Bonchev–Trinajstić information content (AvgIpc) is 2.75. The highest BCUT2D eigenvalue weighted by Gasteiger charge is 2.34. The van der Waals surface area contributed by atoms with E-state index in [1.807, 2.05) is 37.3 Å². The van der Waals surface area contributed by atoms with Crippen LogP contribution in [0.4, 0.5) is 0 Å². The zero-order valence-corrected chi connectivity index (χ0v) is 10.7. The fraction of sp³-hybridized carbons (Fsp3) is 0.188. The Morgan fingerprint density at radius 3 is 2.53 bits per heavy atom. The molecule has 0 aromatic heterocycles. The molecular weight excluding hydrogens is 238 g/mol. The molecule has 19 heavy (non-hydrogen) atoms. The Balaban J connectivity index is 2.13. The van der Waals surface area contributed by atoms with Crippen molar-refractivity contribution < 1.29 is 9.53 Å². The fourth-order valence-electron chi connectivity index (χ4n) is 2.74. The standard InChI is InChI=1S/C16H15NO2/c1-10-14(11-6-3-2-4-7-11)12-8-5-9-13(16(17)18)15(12)19-10/h2-10,14H,1H3,(H2,17,18).